The van der Waals surface area contributed by atoms with Crippen molar-refractivity contribution in [1.29, 1.82) is 0 Å². The third-order valence-electron chi connectivity index (χ3n) is 4.10. The van der Waals surface area contributed by atoms with Gasteiger partial charge in [0, 0.05) is 18.0 Å². The number of nitrogens with zero attached hydrogens (tertiary/aromatic N) is 2. The van der Waals surface area contributed by atoms with Crippen molar-refractivity contribution in [2.45, 2.75) is 13.3 Å². The van der Waals surface area contributed by atoms with Gasteiger partial charge in [-0.05, 0) is 30.7 Å². The maximum absolute atomic E-state index is 12.6. The molecule has 0 spiro atoms. The molecule has 24 heavy (non-hydrogen) atoms. The summed E-state index contributed by atoms with van der Waals surface area (Å²) in [6.07, 6.45) is 1.97. The van der Waals surface area contributed by atoms with E-state index < -0.39 is 0 Å². The third-order valence-corrected chi connectivity index (χ3v) is 5.21. The van der Waals surface area contributed by atoms with E-state index in [9.17, 15) is 4.79 Å². The largest absolute Gasteiger partial charge is 0.464 e. The fourth-order valence-electron chi connectivity index (χ4n) is 2.72. The van der Waals surface area contributed by atoms with Gasteiger partial charge in [-0.2, -0.15) is 0 Å². The maximum Gasteiger partial charge on any atom is 0.233 e. The van der Waals surface area contributed by atoms with Gasteiger partial charge in [-0.15, -0.1) is 0 Å². The monoisotopic (exact) mass is 336 g/mol. The van der Waals surface area contributed by atoms with Crippen molar-refractivity contribution in [2.75, 3.05) is 11.9 Å². The number of amides is 1. The van der Waals surface area contributed by atoms with Gasteiger partial charge in [0.1, 0.15) is 5.58 Å². The number of likely N-dealkylation sites (N-methyl/N-ethyl adjacent to an activating group) is 1. The van der Waals surface area contributed by atoms with E-state index >= 15 is 0 Å². The van der Waals surface area contributed by atoms with E-state index in [0.29, 0.717) is 11.6 Å². The number of hydrogen-bond donors (Lipinski definition) is 0. The molecule has 0 unspecified atom stereocenters. The van der Waals surface area contributed by atoms with Gasteiger partial charge in [0.05, 0.1) is 22.9 Å². The van der Waals surface area contributed by atoms with Crippen molar-refractivity contribution in [2.24, 2.45) is 0 Å². The fourth-order valence-corrected chi connectivity index (χ4v) is 3.66. The predicted molar refractivity (Wildman–Crippen MR) is 97.7 cm³/mol. The summed E-state index contributed by atoms with van der Waals surface area (Å²) in [5.74, 6) is -0.00247. The van der Waals surface area contributed by atoms with Crippen molar-refractivity contribution in [3.8, 4) is 0 Å². The van der Waals surface area contributed by atoms with Gasteiger partial charge >= 0.3 is 0 Å². The molecular formula is C19H16N2O2S. The van der Waals surface area contributed by atoms with Crippen LogP contribution in [0.1, 0.15) is 11.1 Å². The van der Waals surface area contributed by atoms with E-state index in [0.717, 1.165) is 32.3 Å². The molecule has 4 nitrogen and oxygen atoms in total. The van der Waals surface area contributed by atoms with E-state index in [4.69, 9.17) is 4.42 Å². The highest BCUT2D eigenvalue weighted by molar-refractivity contribution is 7.22. The number of anilines is 1. The number of carbonyl (C=O) groups is 1. The van der Waals surface area contributed by atoms with E-state index in [1.807, 2.05) is 49.4 Å². The second-order valence-electron chi connectivity index (χ2n) is 5.85. The quantitative estimate of drug-likeness (QED) is 0.551. The lowest BCUT2D eigenvalue weighted by Gasteiger charge is -2.12. The molecule has 0 saturated heterocycles. The second kappa shape index (κ2) is 5.76. The van der Waals surface area contributed by atoms with Crippen LogP contribution in [0, 0.1) is 6.92 Å². The highest BCUT2D eigenvalue weighted by Gasteiger charge is 2.18. The van der Waals surface area contributed by atoms with Crippen molar-refractivity contribution < 1.29 is 9.21 Å². The summed E-state index contributed by atoms with van der Waals surface area (Å²) >= 11 is 1.52. The predicted octanol–water partition coefficient (Wildman–Crippen LogP) is 4.56. The first-order valence-corrected chi connectivity index (χ1v) is 8.52. The number of rotatable bonds is 3. The van der Waals surface area contributed by atoms with E-state index in [1.165, 1.54) is 11.3 Å². The fraction of sp³-hybridized carbons (Fsp3) is 0.158. The minimum atomic E-state index is -0.00247. The molecule has 1 amide bonds. The van der Waals surface area contributed by atoms with Gasteiger partial charge in [-0.3, -0.25) is 9.69 Å². The first kappa shape index (κ1) is 14.9. The Morgan fingerprint density at radius 3 is 2.92 bits per heavy atom. The van der Waals surface area contributed by atoms with Crippen LogP contribution in [0.25, 0.3) is 21.2 Å². The number of aryl methyl sites for hydroxylation is 1. The molecular weight excluding hydrogens is 320 g/mol. The molecule has 0 saturated carbocycles. The summed E-state index contributed by atoms with van der Waals surface area (Å²) in [7, 11) is 1.77. The van der Waals surface area contributed by atoms with Crippen molar-refractivity contribution in [1.82, 2.24) is 4.98 Å². The Morgan fingerprint density at radius 2 is 2.08 bits per heavy atom. The van der Waals surface area contributed by atoms with Crippen LogP contribution in [0.2, 0.25) is 0 Å². The summed E-state index contributed by atoms with van der Waals surface area (Å²) in [6.45, 7) is 2.02. The Morgan fingerprint density at radius 1 is 1.25 bits per heavy atom. The van der Waals surface area contributed by atoms with Crippen LogP contribution in [0.4, 0.5) is 5.13 Å². The van der Waals surface area contributed by atoms with Gasteiger partial charge < -0.3 is 4.42 Å². The SMILES string of the molecule is Cc1ccc2c(CC(=O)N(C)c3nc4ccccc4s3)coc2c1. The second-order valence-corrected chi connectivity index (χ2v) is 6.86. The average Bonchev–Trinajstić information content (AvgIpc) is 3.18. The molecule has 0 aliphatic carbocycles. The number of aromatic nitrogens is 1. The van der Waals surface area contributed by atoms with Gasteiger partial charge in [0.15, 0.2) is 5.13 Å². The van der Waals surface area contributed by atoms with Gasteiger partial charge in [0.25, 0.3) is 0 Å². The van der Waals surface area contributed by atoms with Crippen molar-refractivity contribution in [3.63, 3.8) is 0 Å². The summed E-state index contributed by atoms with van der Waals surface area (Å²) in [6, 6.07) is 13.9. The van der Waals surface area contributed by atoms with Gasteiger partial charge in [0.2, 0.25) is 5.91 Å². The zero-order chi connectivity index (χ0) is 16.7. The maximum atomic E-state index is 12.6. The van der Waals surface area contributed by atoms with E-state index in [1.54, 1.807) is 18.2 Å². The lowest BCUT2D eigenvalue weighted by molar-refractivity contribution is -0.117. The molecule has 4 rings (SSSR count). The Hall–Kier alpha value is -2.66. The number of furan rings is 1. The number of fused-ring (bicyclic) bond motifs is 2. The minimum Gasteiger partial charge on any atom is -0.464 e. The van der Waals surface area contributed by atoms with E-state index in [-0.39, 0.29) is 5.91 Å². The smallest absolute Gasteiger partial charge is 0.233 e. The molecule has 5 heteroatoms. The Balaban J connectivity index is 1.60. The molecule has 2 heterocycles. The Kier molecular flexibility index (Phi) is 3.58. The standard InChI is InChI=1S/C19H16N2O2S/c1-12-7-8-14-13(11-23-16(14)9-12)10-18(22)21(2)19-20-15-5-3-4-6-17(15)24-19/h3-9,11H,10H2,1-2H3. The highest BCUT2D eigenvalue weighted by atomic mass is 32.1. The van der Waals surface area contributed by atoms with Crippen molar-refractivity contribution in [3.05, 3.63) is 59.9 Å². The molecule has 0 aliphatic rings. The van der Waals surface area contributed by atoms with Gasteiger partial charge in [-0.25, -0.2) is 4.98 Å². The molecule has 2 aromatic carbocycles. The summed E-state index contributed by atoms with van der Waals surface area (Å²) in [5, 5.41) is 1.71. The van der Waals surface area contributed by atoms with Crippen LogP contribution >= 0.6 is 11.3 Å². The molecule has 0 bridgehead atoms. The molecule has 0 atom stereocenters. The Labute approximate surface area is 143 Å². The van der Waals surface area contributed by atoms with Crippen molar-refractivity contribution >= 4 is 43.6 Å². The number of para-hydroxylation sites is 1. The molecule has 120 valence electrons. The lowest BCUT2D eigenvalue weighted by atomic mass is 10.1. The summed E-state index contributed by atoms with van der Waals surface area (Å²) < 4.78 is 6.66. The van der Waals surface area contributed by atoms with Crippen LogP contribution in [0.5, 0.6) is 0 Å². The lowest BCUT2D eigenvalue weighted by Crippen LogP contribution is -2.27. The van der Waals surface area contributed by atoms with Crippen LogP contribution in [-0.4, -0.2) is 17.9 Å². The van der Waals surface area contributed by atoms with Crippen LogP contribution in [0.3, 0.4) is 0 Å². The average molecular weight is 336 g/mol. The topological polar surface area (TPSA) is 46.3 Å². The minimum absolute atomic E-state index is 0.00247. The highest BCUT2D eigenvalue weighted by Crippen LogP contribution is 2.29. The summed E-state index contributed by atoms with van der Waals surface area (Å²) in [5.41, 5.74) is 3.78. The summed E-state index contributed by atoms with van der Waals surface area (Å²) in [4.78, 5) is 18.8. The number of hydrogen-bond acceptors (Lipinski definition) is 4. The number of thiazole rings is 1. The third kappa shape index (κ3) is 2.57. The molecule has 0 fully saturated rings. The number of carbonyl (C=O) groups excluding carboxylic acids is 1. The first-order valence-electron chi connectivity index (χ1n) is 7.71. The first-order chi connectivity index (χ1) is 11.6. The van der Waals surface area contributed by atoms with Crippen LogP contribution in [0.15, 0.2) is 53.1 Å². The molecule has 0 aliphatic heterocycles. The molecule has 0 radical (unpaired) electrons. The normalized spacial score (nSPS) is 11.2. The zero-order valence-electron chi connectivity index (χ0n) is 13.4. The number of benzene rings is 2. The van der Waals surface area contributed by atoms with Gasteiger partial charge in [-0.1, -0.05) is 35.6 Å². The van der Waals surface area contributed by atoms with Crippen LogP contribution in [-0.2, 0) is 11.2 Å². The zero-order valence-corrected chi connectivity index (χ0v) is 14.3. The molecule has 0 N–H and O–H groups in total. The van der Waals surface area contributed by atoms with Crippen LogP contribution < -0.4 is 4.90 Å². The molecule has 2 aromatic heterocycles. The van der Waals surface area contributed by atoms with E-state index in [2.05, 4.69) is 4.98 Å². The molecule has 4 aromatic rings. The Bertz CT molecular complexity index is 1010.